The van der Waals surface area contributed by atoms with Gasteiger partial charge >= 0.3 is 5.69 Å². The van der Waals surface area contributed by atoms with Crippen molar-refractivity contribution in [3.63, 3.8) is 0 Å². The lowest BCUT2D eigenvalue weighted by atomic mass is 10.0. The van der Waals surface area contributed by atoms with Crippen LogP contribution < -0.4 is 26.0 Å². The van der Waals surface area contributed by atoms with Gasteiger partial charge in [-0.25, -0.2) is 4.79 Å². The quantitative estimate of drug-likeness (QED) is 0.409. The summed E-state index contributed by atoms with van der Waals surface area (Å²) in [5, 5.41) is 3.26. The molecule has 8 heteroatoms. The fourth-order valence-corrected chi connectivity index (χ4v) is 3.91. The summed E-state index contributed by atoms with van der Waals surface area (Å²) in [5.41, 5.74) is 1.76. The predicted octanol–water partition coefficient (Wildman–Crippen LogP) is 3.29. The Labute approximate surface area is 202 Å². The van der Waals surface area contributed by atoms with Crippen molar-refractivity contribution in [2.24, 2.45) is 0 Å². The summed E-state index contributed by atoms with van der Waals surface area (Å²) < 4.78 is 11.6. The molecule has 35 heavy (non-hydrogen) atoms. The molecular formula is C27H27N3O5. The number of ether oxygens (including phenoxy) is 2. The van der Waals surface area contributed by atoms with E-state index in [0.717, 1.165) is 10.1 Å². The van der Waals surface area contributed by atoms with Gasteiger partial charge in [0, 0.05) is 18.2 Å². The molecule has 1 heterocycles. The highest BCUT2D eigenvalue weighted by Crippen LogP contribution is 2.29. The van der Waals surface area contributed by atoms with E-state index in [4.69, 9.17) is 9.47 Å². The fraction of sp³-hybridized carbons (Fsp3) is 0.222. The van der Waals surface area contributed by atoms with Crippen LogP contribution in [-0.4, -0.2) is 36.2 Å². The molecule has 0 saturated heterocycles. The number of carbonyl (C=O) groups is 1. The molecule has 0 fully saturated rings. The first-order valence-electron chi connectivity index (χ1n) is 11.2. The minimum atomic E-state index is -0.536. The second-order valence-corrected chi connectivity index (χ2v) is 8.29. The lowest BCUT2D eigenvalue weighted by Gasteiger charge is -2.13. The Morgan fingerprint density at radius 1 is 0.971 bits per heavy atom. The molecule has 1 unspecified atom stereocenters. The van der Waals surface area contributed by atoms with Crippen LogP contribution in [0.3, 0.4) is 0 Å². The standard InChI is InChI=1S/C27H27N3O5/c1-17(19-7-5-4-6-8-19)15-28-25(31)20-11-9-18(10-12-20)16-30-26(32)21-13-23(34-2)24(35-3)14-22(21)29-27(30)33/h4-14,17H,15-16H2,1-3H3,(H,28,31)(H,29,33). The van der Waals surface area contributed by atoms with E-state index in [1.807, 2.05) is 30.3 Å². The molecule has 4 rings (SSSR count). The van der Waals surface area contributed by atoms with Crippen molar-refractivity contribution in [3.8, 4) is 11.5 Å². The Hall–Kier alpha value is -4.33. The molecule has 0 radical (unpaired) electrons. The van der Waals surface area contributed by atoms with Gasteiger partial charge in [0.25, 0.3) is 11.5 Å². The van der Waals surface area contributed by atoms with Crippen LogP contribution in [0.15, 0.2) is 76.3 Å². The molecule has 3 aromatic carbocycles. The summed E-state index contributed by atoms with van der Waals surface area (Å²) in [6.45, 7) is 2.63. The van der Waals surface area contributed by atoms with Crippen LogP contribution in [0.25, 0.3) is 10.9 Å². The molecule has 0 saturated carbocycles. The van der Waals surface area contributed by atoms with E-state index in [0.29, 0.717) is 40.1 Å². The third-order valence-electron chi connectivity index (χ3n) is 5.98. The number of carbonyl (C=O) groups excluding carboxylic acids is 1. The maximum Gasteiger partial charge on any atom is 0.329 e. The zero-order chi connectivity index (χ0) is 24.9. The first kappa shape index (κ1) is 23.8. The number of hydrogen-bond acceptors (Lipinski definition) is 5. The molecule has 1 atom stereocenters. The number of H-pyrrole nitrogens is 1. The molecular weight excluding hydrogens is 446 g/mol. The molecule has 1 amide bonds. The van der Waals surface area contributed by atoms with E-state index >= 15 is 0 Å². The summed E-state index contributed by atoms with van der Waals surface area (Å²) in [7, 11) is 2.96. The largest absolute Gasteiger partial charge is 0.493 e. The number of amides is 1. The van der Waals surface area contributed by atoms with E-state index in [1.54, 1.807) is 36.4 Å². The SMILES string of the molecule is COc1cc2[nH]c(=O)n(Cc3ccc(C(=O)NCC(C)c4ccccc4)cc3)c(=O)c2cc1OC. The van der Waals surface area contributed by atoms with Crippen LogP contribution in [0.5, 0.6) is 11.5 Å². The van der Waals surface area contributed by atoms with Crippen molar-refractivity contribution < 1.29 is 14.3 Å². The van der Waals surface area contributed by atoms with Gasteiger partial charge in [-0.3, -0.25) is 14.2 Å². The predicted molar refractivity (Wildman–Crippen MR) is 135 cm³/mol. The van der Waals surface area contributed by atoms with Crippen LogP contribution in [0.4, 0.5) is 0 Å². The van der Waals surface area contributed by atoms with Gasteiger partial charge < -0.3 is 19.8 Å². The monoisotopic (exact) mass is 473 g/mol. The Morgan fingerprint density at radius 3 is 2.29 bits per heavy atom. The number of aromatic nitrogens is 2. The number of fused-ring (bicyclic) bond motifs is 1. The van der Waals surface area contributed by atoms with Gasteiger partial charge in [-0.2, -0.15) is 0 Å². The highest BCUT2D eigenvalue weighted by molar-refractivity contribution is 5.94. The molecule has 0 aliphatic rings. The molecule has 0 aliphatic heterocycles. The summed E-state index contributed by atoms with van der Waals surface area (Å²) in [6, 6.07) is 19.9. The average Bonchev–Trinajstić information content (AvgIpc) is 2.89. The number of methoxy groups -OCH3 is 2. The minimum absolute atomic E-state index is 0.0609. The number of rotatable bonds is 8. The van der Waals surface area contributed by atoms with E-state index in [2.05, 4.69) is 17.2 Å². The van der Waals surface area contributed by atoms with Crippen molar-refractivity contribution in [3.05, 3.63) is 104 Å². The van der Waals surface area contributed by atoms with Crippen molar-refractivity contribution in [1.82, 2.24) is 14.9 Å². The van der Waals surface area contributed by atoms with Gasteiger partial charge in [0.1, 0.15) is 0 Å². The molecule has 2 N–H and O–H groups in total. The van der Waals surface area contributed by atoms with E-state index < -0.39 is 11.2 Å². The smallest absolute Gasteiger partial charge is 0.329 e. The van der Waals surface area contributed by atoms with Gasteiger partial charge in [-0.1, -0.05) is 49.4 Å². The van der Waals surface area contributed by atoms with E-state index in [9.17, 15) is 14.4 Å². The summed E-state index contributed by atoms with van der Waals surface area (Å²) in [5.74, 6) is 0.818. The van der Waals surface area contributed by atoms with Crippen LogP contribution in [-0.2, 0) is 6.54 Å². The first-order valence-corrected chi connectivity index (χ1v) is 11.2. The maximum atomic E-state index is 13.0. The van der Waals surface area contributed by atoms with Crippen LogP contribution in [0.2, 0.25) is 0 Å². The molecule has 0 spiro atoms. The third kappa shape index (κ3) is 5.11. The summed E-state index contributed by atoms with van der Waals surface area (Å²) in [4.78, 5) is 41.0. The maximum absolute atomic E-state index is 13.0. The van der Waals surface area contributed by atoms with Crippen molar-refractivity contribution in [2.45, 2.75) is 19.4 Å². The molecule has 8 nitrogen and oxygen atoms in total. The van der Waals surface area contributed by atoms with E-state index in [1.165, 1.54) is 14.2 Å². The first-order chi connectivity index (χ1) is 16.9. The van der Waals surface area contributed by atoms with Gasteiger partial charge in [-0.05, 0) is 35.2 Å². The van der Waals surface area contributed by atoms with Crippen LogP contribution in [0, 0.1) is 0 Å². The lowest BCUT2D eigenvalue weighted by Crippen LogP contribution is -2.35. The average molecular weight is 474 g/mol. The second kappa shape index (κ2) is 10.3. The van der Waals surface area contributed by atoms with Gasteiger partial charge in [0.05, 0.1) is 31.7 Å². The number of aromatic amines is 1. The van der Waals surface area contributed by atoms with Crippen LogP contribution >= 0.6 is 0 Å². The Bertz CT molecular complexity index is 1460. The summed E-state index contributed by atoms with van der Waals surface area (Å²) in [6.07, 6.45) is 0. The van der Waals surface area contributed by atoms with E-state index in [-0.39, 0.29) is 18.4 Å². The summed E-state index contributed by atoms with van der Waals surface area (Å²) >= 11 is 0. The zero-order valence-corrected chi connectivity index (χ0v) is 19.8. The number of hydrogen-bond donors (Lipinski definition) is 2. The number of benzene rings is 3. The number of nitrogens with zero attached hydrogens (tertiary/aromatic N) is 1. The van der Waals surface area contributed by atoms with Crippen molar-refractivity contribution in [2.75, 3.05) is 20.8 Å². The highest BCUT2D eigenvalue weighted by atomic mass is 16.5. The Morgan fingerprint density at radius 2 is 1.63 bits per heavy atom. The normalized spacial score (nSPS) is 11.7. The molecule has 180 valence electrons. The topological polar surface area (TPSA) is 102 Å². The van der Waals surface area contributed by atoms with Crippen LogP contribution in [0.1, 0.15) is 34.3 Å². The van der Waals surface area contributed by atoms with Gasteiger partial charge in [0.2, 0.25) is 0 Å². The zero-order valence-electron chi connectivity index (χ0n) is 19.8. The van der Waals surface area contributed by atoms with Crippen molar-refractivity contribution in [1.29, 1.82) is 0 Å². The van der Waals surface area contributed by atoms with Crippen molar-refractivity contribution >= 4 is 16.8 Å². The Balaban J connectivity index is 1.50. The highest BCUT2D eigenvalue weighted by Gasteiger charge is 2.14. The third-order valence-corrected chi connectivity index (χ3v) is 5.98. The fourth-order valence-electron chi connectivity index (χ4n) is 3.91. The van der Waals surface area contributed by atoms with Gasteiger partial charge in [-0.15, -0.1) is 0 Å². The molecule has 1 aromatic heterocycles. The molecule has 0 aliphatic carbocycles. The minimum Gasteiger partial charge on any atom is -0.493 e. The number of nitrogens with one attached hydrogen (secondary N) is 2. The second-order valence-electron chi connectivity index (χ2n) is 8.29. The molecule has 4 aromatic rings. The van der Waals surface area contributed by atoms with Gasteiger partial charge in [0.15, 0.2) is 11.5 Å². The lowest BCUT2D eigenvalue weighted by molar-refractivity contribution is 0.0951. The Kier molecular flexibility index (Phi) is 7.01. The molecule has 0 bridgehead atoms.